The van der Waals surface area contributed by atoms with Crippen molar-refractivity contribution in [3.63, 3.8) is 0 Å². The maximum Gasteiger partial charge on any atom is 0.347 e. The van der Waals surface area contributed by atoms with Gasteiger partial charge in [0.2, 0.25) is 6.10 Å². The molecule has 0 aromatic heterocycles. The molecule has 19 heavy (non-hydrogen) atoms. The number of carbonyl (C=O) groups is 2. The number of carbonyl (C=O) groups excluding carboxylic acids is 2. The Balaban J connectivity index is 2.03. The molecule has 1 atom stereocenters. The Labute approximate surface area is 108 Å². The SMILES string of the molecule is O=C(Cc1ccccc1[N+](=O)[O-])OC1CCOC1=O. The number of esters is 2. The smallest absolute Gasteiger partial charge is 0.347 e. The van der Waals surface area contributed by atoms with Crippen molar-refractivity contribution < 1.29 is 24.0 Å². The van der Waals surface area contributed by atoms with E-state index in [-0.39, 0.29) is 24.3 Å². The average Bonchev–Trinajstić information content (AvgIpc) is 2.75. The van der Waals surface area contributed by atoms with Crippen LogP contribution in [0.5, 0.6) is 0 Å². The zero-order valence-electron chi connectivity index (χ0n) is 9.90. The molecule has 0 N–H and O–H groups in total. The Morgan fingerprint density at radius 1 is 1.47 bits per heavy atom. The fourth-order valence-electron chi connectivity index (χ4n) is 1.78. The summed E-state index contributed by atoms with van der Waals surface area (Å²) in [4.78, 5) is 33.0. The molecule has 7 nitrogen and oxygen atoms in total. The highest BCUT2D eigenvalue weighted by molar-refractivity contribution is 5.81. The standard InChI is InChI=1S/C12H11NO6/c14-11(19-10-5-6-18-12(10)15)7-8-3-1-2-4-9(8)13(16)17/h1-4,10H,5-7H2. The summed E-state index contributed by atoms with van der Waals surface area (Å²) in [7, 11) is 0. The molecule has 1 fully saturated rings. The fourth-order valence-corrected chi connectivity index (χ4v) is 1.78. The molecule has 1 aromatic rings. The fraction of sp³-hybridized carbons (Fsp3) is 0.333. The lowest BCUT2D eigenvalue weighted by Gasteiger charge is -2.08. The molecule has 1 unspecified atom stereocenters. The van der Waals surface area contributed by atoms with Crippen molar-refractivity contribution in [1.29, 1.82) is 0 Å². The van der Waals surface area contributed by atoms with E-state index in [9.17, 15) is 19.7 Å². The zero-order chi connectivity index (χ0) is 13.8. The third-order valence-electron chi connectivity index (χ3n) is 2.68. The molecule has 1 aliphatic heterocycles. The molecule has 0 saturated carbocycles. The summed E-state index contributed by atoms with van der Waals surface area (Å²) < 4.78 is 9.58. The van der Waals surface area contributed by atoms with E-state index in [4.69, 9.17) is 4.74 Å². The number of hydrogen-bond acceptors (Lipinski definition) is 6. The van der Waals surface area contributed by atoms with Crippen LogP contribution in [-0.4, -0.2) is 29.6 Å². The van der Waals surface area contributed by atoms with E-state index in [0.29, 0.717) is 6.42 Å². The molecule has 1 saturated heterocycles. The second-order valence-corrected chi connectivity index (χ2v) is 4.00. The first kappa shape index (κ1) is 13.0. The first-order valence-corrected chi connectivity index (χ1v) is 5.66. The van der Waals surface area contributed by atoms with Gasteiger partial charge in [-0.25, -0.2) is 4.79 Å². The summed E-state index contributed by atoms with van der Waals surface area (Å²) in [6.07, 6.45) is -0.821. The van der Waals surface area contributed by atoms with E-state index < -0.39 is 23.0 Å². The molecule has 100 valence electrons. The van der Waals surface area contributed by atoms with Gasteiger partial charge in [0.25, 0.3) is 5.69 Å². The minimum Gasteiger partial charge on any atom is -0.463 e. The summed E-state index contributed by atoms with van der Waals surface area (Å²) in [5.74, 6) is -1.26. The van der Waals surface area contributed by atoms with Crippen molar-refractivity contribution in [2.45, 2.75) is 18.9 Å². The van der Waals surface area contributed by atoms with Gasteiger partial charge in [0.15, 0.2) is 0 Å². The Hall–Kier alpha value is -2.44. The van der Waals surface area contributed by atoms with Crippen LogP contribution in [0.2, 0.25) is 0 Å². The lowest BCUT2D eigenvalue weighted by molar-refractivity contribution is -0.385. The zero-order valence-corrected chi connectivity index (χ0v) is 9.90. The lowest BCUT2D eigenvalue weighted by Crippen LogP contribution is -2.23. The highest BCUT2D eigenvalue weighted by Crippen LogP contribution is 2.19. The van der Waals surface area contributed by atoms with E-state index in [1.54, 1.807) is 6.07 Å². The van der Waals surface area contributed by atoms with Crippen LogP contribution in [0.3, 0.4) is 0 Å². The molecule has 0 spiro atoms. The first-order chi connectivity index (χ1) is 9.08. The molecule has 0 aliphatic carbocycles. The molecule has 0 radical (unpaired) electrons. The first-order valence-electron chi connectivity index (χ1n) is 5.66. The number of nitrogens with zero attached hydrogens (tertiary/aromatic N) is 1. The van der Waals surface area contributed by atoms with E-state index >= 15 is 0 Å². The summed E-state index contributed by atoms with van der Waals surface area (Å²) in [6.45, 7) is 0.224. The molecule has 7 heteroatoms. The minimum absolute atomic E-state index is 0.145. The van der Waals surface area contributed by atoms with Crippen LogP contribution in [0, 0.1) is 10.1 Å². The topological polar surface area (TPSA) is 95.7 Å². The lowest BCUT2D eigenvalue weighted by atomic mass is 10.1. The predicted molar refractivity (Wildman–Crippen MR) is 62.3 cm³/mol. The molecule has 1 heterocycles. The maximum atomic E-state index is 11.6. The predicted octanol–water partition coefficient (Wildman–Crippen LogP) is 0.996. The van der Waals surface area contributed by atoms with Gasteiger partial charge in [-0.2, -0.15) is 0 Å². The molecular formula is C12H11NO6. The summed E-state index contributed by atoms with van der Waals surface area (Å²) in [5.41, 5.74) is 0.109. The summed E-state index contributed by atoms with van der Waals surface area (Å²) in [6, 6.07) is 5.90. The second-order valence-electron chi connectivity index (χ2n) is 4.00. The molecule has 1 aromatic carbocycles. The van der Waals surface area contributed by atoms with E-state index in [1.165, 1.54) is 18.2 Å². The minimum atomic E-state index is -0.893. The third-order valence-corrected chi connectivity index (χ3v) is 2.68. The number of hydrogen-bond donors (Lipinski definition) is 0. The van der Waals surface area contributed by atoms with Crippen molar-refractivity contribution >= 4 is 17.6 Å². The summed E-state index contributed by atoms with van der Waals surface area (Å²) >= 11 is 0. The van der Waals surface area contributed by atoms with Gasteiger partial charge in [-0.1, -0.05) is 18.2 Å². The normalized spacial score (nSPS) is 17.9. The second kappa shape index (κ2) is 5.47. The number of para-hydroxylation sites is 1. The van der Waals surface area contributed by atoms with Crippen LogP contribution in [0.1, 0.15) is 12.0 Å². The van der Waals surface area contributed by atoms with Crippen LogP contribution in [0.25, 0.3) is 0 Å². The number of cyclic esters (lactones) is 1. The van der Waals surface area contributed by atoms with Crippen molar-refractivity contribution in [1.82, 2.24) is 0 Å². The van der Waals surface area contributed by atoms with Gasteiger partial charge in [0, 0.05) is 18.1 Å². The van der Waals surface area contributed by atoms with Gasteiger partial charge in [-0.15, -0.1) is 0 Å². The van der Waals surface area contributed by atoms with Crippen LogP contribution < -0.4 is 0 Å². The number of nitro groups is 1. The van der Waals surface area contributed by atoms with Gasteiger partial charge < -0.3 is 9.47 Å². The van der Waals surface area contributed by atoms with Crippen LogP contribution in [0.15, 0.2) is 24.3 Å². The number of ether oxygens (including phenoxy) is 2. The van der Waals surface area contributed by atoms with Gasteiger partial charge in [0.05, 0.1) is 18.0 Å². The maximum absolute atomic E-state index is 11.6. The largest absolute Gasteiger partial charge is 0.463 e. The third kappa shape index (κ3) is 3.06. The summed E-state index contributed by atoms with van der Waals surface area (Å²) in [5, 5.41) is 10.8. The van der Waals surface area contributed by atoms with Crippen molar-refractivity contribution in [2.75, 3.05) is 6.61 Å². The van der Waals surface area contributed by atoms with Crippen LogP contribution in [0.4, 0.5) is 5.69 Å². The van der Waals surface area contributed by atoms with E-state index in [0.717, 1.165) is 0 Å². The van der Waals surface area contributed by atoms with Crippen molar-refractivity contribution in [3.05, 3.63) is 39.9 Å². The van der Waals surface area contributed by atoms with Gasteiger partial charge in [0.1, 0.15) is 0 Å². The van der Waals surface area contributed by atoms with Crippen LogP contribution in [-0.2, 0) is 25.5 Å². The van der Waals surface area contributed by atoms with Gasteiger partial charge >= 0.3 is 11.9 Å². The van der Waals surface area contributed by atoms with Gasteiger partial charge in [-0.05, 0) is 0 Å². The Morgan fingerprint density at radius 3 is 2.84 bits per heavy atom. The number of rotatable bonds is 4. The number of nitro benzene ring substituents is 1. The van der Waals surface area contributed by atoms with Crippen LogP contribution >= 0.6 is 0 Å². The van der Waals surface area contributed by atoms with Crippen molar-refractivity contribution in [2.24, 2.45) is 0 Å². The highest BCUT2D eigenvalue weighted by Gasteiger charge is 2.30. The molecule has 0 amide bonds. The number of benzene rings is 1. The Morgan fingerprint density at radius 2 is 2.21 bits per heavy atom. The van der Waals surface area contributed by atoms with Gasteiger partial charge in [-0.3, -0.25) is 14.9 Å². The quantitative estimate of drug-likeness (QED) is 0.457. The molecule has 0 bridgehead atoms. The van der Waals surface area contributed by atoms with E-state index in [1.807, 2.05) is 0 Å². The van der Waals surface area contributed by atoms with Crippen molar-refractivity contribution in [3.8, 4) is 0 Å². The molecular weight excluding hydrogens is 254 g/mol. The molecule has 1 aliphatic rings. The Bertz CT molecular complexity index is 527. The van der Waals surface area contributed by atoms with E-state index in [2.05, 4.69) is 4.74 Å². The monoisotopic (exact) mass is 265 g/mol. The highest BCUT2D eigenvalue weighted by atomic mass is 16.6. The molecule has 2 rings (SSSR count). The Kier molecular flexibility index (Phi) is 3.74. The average molecular weight is 265 g/mol.